The van der Waals surface area contributed by atoms with Crippen LogP contribution >= 0.6 is 0 Å². The molecule has 2 aliphatic heterocycles. The highest BCUT2D eigenvalue weighted by Gasteiger charge is 2.33. The Morgan fingerprint density at radius 1 is 1.07 bits per heavy atom. The van der Waals surface area contributed by atoms with E-state index in [9.17, 15) is 13.2 Å². The summed E-state index contributed by atoms with van der Waals surface area (Å²) in [6, 6.07) is 9.27. The van der Waals surface area contributed by atoms with E-state index in [0.717, 1.165) is 24.2 Å². The summed E-state index contributed by atoms with van der Waals surface area (Å²) in [7, 11) is 0.113. The van der Waals surface area contributed by atoms with Crippen LogP contribution in [0.25, 0.3) is 0 Å². The third-order valence-corrected chi connectivity index (χ3v) is 7.64. The summed E-state index contributed by atoms with van der Waals surface area (Å²) >= 11 is 0. The maximum atomic E-state index is 12.9. The summed E-state index contributed by atoms with van der Waals surface area (Å²) in [4.78, 5) is 15.6. The monoisotopic (exact) mass is 432 g/mol. The quantitative estimate of drug-likeness (QED) is 0.730. The van der Waals surface area contributed by atoms with Gasteiger partial charge in [0.25, 0.3) is 0 Å². The van der Waals surface area contributed by atoms with Gasteiger partial charge in [-0.1, -0.05) is 30.3 Å². The van der Waals surface area contributed by atoms with Crippen LogP contribution in [0.3, 0.4) is 0 Å². The average molecular weight is 433 g/mol. The van der Waals surface area contributed by atoms with Gasteiger partial charge in [-0.2, -0.15) is 4.31 Å². The van der Waals surface area contributed by atoms with E-state index in [2.05, 4.69) is 14.8 Å². The Bertz CT molecular complexity index is 997. The number of hydrogen-bond donors (Lipinski definition) is 0. The zero-order valence-corrected chi connectivity index (χ0v) is 18.3. The van der Waals surface area contributed by atoms with Crippen molar-refractivity contribution >= 4 is 16.1 Å². The smallest absolute Gasteiger partial charge is 0.319 e. The van der Waals surface area contributed by atoms with E-state index >= 15 is 0 Å². The molecule has 30 heavy (non-hydrogen) atoms. The first-order valence-corrected chi connectivity index (χ1v) is 11.9. The molecule has 2 amide bonds. The third-order valence-electron chi connectivity index (χ3n) is 5.85. The molecule has 1 aromatic carbocycles. The lowest BCUT2D eigenvalue weighted by molar-refractivity contribution is 0.155. The molecule has 2 aliphatic rings. The second-order valence-electron chi connectivity index (χ2n) is 8.14. The van der Waals surface area contributed by atoms with Crippen LogP contribution in [-0.4, -0.2) is 77.0 Å². The van der Waals surface area contributed by atoms with E-state index in [0.29, 0.717) is 32.0 Å². The number of aromatic nitrogens is 3. The van der Waals surface area contributed by atoms with Gasteiger partial charge in [0, 0.05) is 46.2 Å². The molecule has 1 aromatic heterocycles. The molecule has 0 unspecified atom stereocenters. The van der Waals surface area contributed by atoms with Gasteiger partial charge < -0.3 is 14.4 Å². The molecule has 1 fully saturated rings. The van der Waals surface area contributed by atoms with Gasteiger partial charge in [0.2, 0.25) is 10.0 Å². The van der Waals surface area contributed by atoms with E-state index in [1.54, 1.807) is 19.0 Å². The second kappa shape index (κ2) is 8.35. The van der Waals surface area contributed by atoms with Gasteiger partial charge in [-0.05, 0) is 18.4 Å². The fourth-order valence-corrected chi connectivity index (χ4v) is 5.65. The van der Waals surface area contributed by atoms with Crippen molar-refractivity contribution in [2.75, 3.05) is 33.7 Å². The molecule has 2 aromatic rings. The number of urea groups is 1. The number of nitrogens with zero attached hydrogens (tertiary/aromatic N) is 6. The van der Waals surface area contributed by atoms with Gasteiger partial charge in [0.05, 0.1) is 12.3 Å². The lowest BCUT2D eigenvalue weighted by atomic mass is 9.96. The summed E-state index contributed by atoms with van der Waals surface area (Å²) in [6.45, 7) is 2.62. The molecule has 9 nitrogen and oxygen atoms in total. The molecule has 162 valence electrons. The maximum Gasteiger partial charge on any atom is 0.319 e. The number of carbonyl (C=O) groups excluding carboxylic acids is 1. The number of likely N-dealkylation sites (tertiary alicyclic amines) is 1. The van der Waals surface area contributed by atoms with Crippen LogP contribution in [0, 0.1) is 0 Å². The Morgan fingerprint density at radius 3 is 2.43 bits per heavy atom. The standard InChI is InChI=1S/C20H28N6O3S/c1-23(2)20(27)24-10-8-17(9-11-24)19-22-21-18-14-25(12-13-26(18)19)30(28,29)15-16-6-4-3-5-7-16/h3-7,17H,8-15H2,1-2H3. The zero-order valence-electron chi connectivity index (χ0n) is 17.4. The van der Waals surface area contributed by atoms with Crippen LogP contribution < -0.4 is 0 Å². The lowest BCUT2D eigenvalue weighted by Crippen LogP contribution is -2.44. The lowest BCUT2D eigenvalue weighted by Gasteiger charge is -2.34. The van der Waals surface area contributed by atoms with E-state index in [1.807, 2.05) is 35.2 Å². The Morgan fingerprint density at radius 2 is 1.77 bits per heavy atom. The van der Waals surface area contributed by atoms with Crippen molar-refractivity contribution in [3.8, 4) is 0 Å². The molecule has 1 saturated heterocycles. The number of hydrogen-bond acceptors (Lipinski definition) is 5. The van der Waals surface area contributed by atoms with Crippen molar-refractivity contribution in [3.05, 3.63) is 47.5 Å². The highest BCUT2D eigenvalue weighted by Crippen LogP contribution is 2.29. The summed E-state index contributed by atoms with van der Waals surface area (Å²) in [5.74, 6) is 1.85. The largest absolute Gasteiger partial charge is 0.331 e. The van der Waals surface area contributed by atoms with Crippen molar-refractivity contribution in [1.82, 2.24) is 28.9 Å². The first-order chi connectivity index (χ1) is 14.3. The van der Waals surface area contributed by atoms with Crippen LogP contribution in [0.1, 0.15) is 36.0 Å². The normalized spacial score (nSPS) is 18.3. The Balaban J connectivity index is 1.42. The van der Waals surface area contributed by atoms with Gasteiger partial charge in [-0.25, -0.2) is 13.2 Å². The van der Waals surface area contributed by atoms with Gasteiger partial charge in [0.1, 0.15) is 11.6 Å². The number of piperidine rings is 1. The number of rotatable bonds is 4. The average Bonchev–Trinajstić information content (AvgIpc) is 3.17. The number of benzene rings is 1. The fraction of sp³-hybridized carbons (Fsp3) is 0.550. The summed E-state index contributed by atoms with van der Waals surface area (Å²) in [6.07, 6.45) is 1.68. The van der Waals surface area contributed by atoms with Crippen LogP contribution in [0.5, 0.6) is 0 Å². The number of sulfonamides is 1. The summed E-state index contributed by atoms with van der Waals surface area (Å²) in [5.41, 5.74) is 0.782. The van der Waals surface area contributed by atoms with Gasteiger partial charge in [0.15, 0.2) is 0 Å². The van der Waals surface area contributed by atoms with E-state index in [1.165, 1.54) is 4.31 Å². The zero-order chi connectivity index (χ0) is 21.3. The van der Waals surface area contributed by atoms with Crippen molar-refractivity contribution in [2.45, 2.75) is 37.6 Å². The molecule has 0 radical (unpaired) electrons. The molecular weight excluding hydrogens is 404 g/mol. The molecule has 3 heterocycles. The Labute approximate surface area is 177 Å². The molecule has 0 N–H and O–H groups in total. The fourth-order valence-electron chi connectivity index (χ4n) is 4.19. The highest BCUT2D eigenvalue weighted by molar-refractivity contribution is 7.88. The second-order valence-corrected chi connectivity index (χ2v) is 10.1. The molecule has 10 heteroatoms. The molecule has 4 rings (SSSR count). The van der Waals surface area contributed by atoms with Crippen molar-refractivity contribution in [3.63, 3.8) is 0 Å². The molecule has 0 saturated carbocycles. The van der Waals surface area contributed by atoms with Crippen LogP contribution in [0.2, 0.25) is 0 Å². The van der Waals surface area contributed by atoms with Crippen LogP contribution in [0.4, 0.5) is 4.79 Å². The first kappa shape index (κ1) is 20.8. The topological polar surface area (TPSA) is 91.6 Å². The van der Waals surface area contributed by atoms with Crippen molar-refractivity contribution in [2.24, 2.45) is 0 Å². The van der Waals surface area contributed by atoms with E-state index in [4.69, 9.17) is 0 Å². The number of fused-ring (bicyclic) bond motifs is 1. The van der Waals surface area contributed by atoms with Crippen LogP contribution in [0.15, 0.2) is 30.3 Å². The molecule has 0 bridgehead atoms. The van der Waals surface area contributed by atoms with Crippen molar-refractivity contribution < 1.29 is 13.2 Å². The summed E-state index contributed by atoms with van der Waals surface area (Å²) < 4.78 is 29.3. The highest BCUT2D eigenvalue weighted by atomic mass is 32.2. The van der Waals surface area contributed by atoms with E-state index in [-0.39, 0.29) is 24.2 Å². The minimum Gasteiger partial charge on any atom is -0.331 e. The van der Waals surface area contributed by atoms with Crippen LogP contribution in [-0.2, 0) is 28.9 Å². The minimum atomic E-state index is -3.42. The number of amides is 2. The Hall–Kier alpha value is -2.46. The van der Waals surface area contributed by atoms with Gasteiger partial charge >= 0.3 is 6.03 Å². The molecule has 0 aliphatic carbocycles. The van der Waals surface area contributed by atoms with Gasteiger partial charge in [-0.15, -0.1) is 10.2 Å². The van der Waals surface area contributed by atoms with Crippen molar-refractivity contribution in [1.29, 1.82) is 0 Å². The first-order valence-electron chi connectivity index (χ1n) is 10.2. The van der Waals surface area contributed by atoms with Gasteiger partial charge in [-0.3, -0.25) is 0 Å². The number of carbonyl (C=O) groups is 1. The maximum absolute atomic E-state index is 12.9. The predicted octanol–water partition coefficient (Wildman–Crippen LogP) is 1.48. The van der Waals surface area contributed by atoms with E-state index < -0.39 is 10.0 Å². The summed E-state index contributed by atoms with van der Waals surface area (Å²) in [5, 5.41) is 8.71. The SMILES string of the molecule is CN(C)C(=O)N1CCC(c2nnc3n2CCN(S(=O)(=O)Cc2ccccc2)C3)CC1. The molecule has 0 atom stereocenters. The third kappa shape index (κ3) is 4.20. The molecular formula is C20H28N6O3S. The predicted molar refractivity (Wildman–Crippen MR) is 112 cm³/mol. The minimum absolute atomic E-state index is 0.00675. The Kier molecular flexibility index (Phi) is 5.79. The molecule has 0 spiro atoms.